The third-order valence-electron chi connectivity index (χ3n) is 8.99. The Morgan fingerprint density at radius 1 is 1.20 bits per heavy atom. The van der Waals surface area contributed by atoms with Gasteiger partial charge in [-0.3, -0.25) is 4.40 Å². The standard InChI is InChI=1S/C26H32F2N6O4S2/c1-14-20(35)26(13-38-14)7-9-33(10-8-26)17-11-16(40(36,37)32-25(2)5-6-25)12-34-19(18(15-3-4-15)29-22(17)34)23-30-31-24(39-23)21(27)28/h11-12,14-15,20-21,32,35H,3-10,13H2,1-2H3/t14-,20+/m0/s1. The van der Waals surface area contributed by atoms with Crippen molar-refractivity contribution in [1.82, 2.24) is 24.3 Å². The van der Waals surface area contributed by atoms with Crippen molar-refractivity contribution >= 4 is 32.7 Å². The molecule has 3 aromatic rings. The summed E-state index contributed by atoms with van der Waals surface area (Å²) in [5.41, 5.74) is 1.69. The number of aromatic nitrogens is 4. The fourth-order valence-electron chi connectivity index (χ4n) is 6.05. The largest absolute Gasteiger partial charge is 0.390 e. The van der Waals surface area contributed by atoms with Crippen LogP contribution < -0.4 is 9.62 Å². The highest BCUT2D eigenvalue weighted by molar-refractivity contribution is 7.89. The highest BCUT2D eigenvalue weighted by Gasteiger charge is 2.49. The third-order valence-corrected chi connectivity index (χ3v) is 11.5. The molecule has 4 aliphatic rings. The average molecular weight is 595 g/mol. The van der Waals surface area contributed by atoms with Crippen LogP contribution in [0.15, 0.2) is 17.2 Å². The number of imidazole rings is 1. The number of hydrogen-bond donors (Lipinski definition) is 2. The van der Waals surface area contributed by atoms with Gasteiger partial charge in [-0.1, -0.05) is 11.3 Å². The van der Waals surface area contributed by atoms with Gasteiger partial charge in [-0.25, -0.2) is 26.9 Å². The molecule has 3 aromatic heterocycles. The molecule has 2 atom stereocenters. The number of piperidine rings is 1. The van der Waals surface area contributed by atoms with E-state index in [1.54, 1.807) is 10.5 Å². The second kappa shape index (κ2) is 9.12. The van der Waals surface area contributed by atoms with Gasteiger partial charge in [0.15, 0.2) is 15.7 Å². The number of halogens is 2. The molecule has 14 heteroatoms. The van der Waals surface area contributed by atoms with E-state index in [0.717, 1.165) is 42.7 Å². The molecule has 2 aliphatic carbocycles. The van der Waals surface area contributed by atoms with Crippen LogP contribution in [-0.4, -0.2) is 70.5 Å². The number of nitrogens with one attached hydrogen (secondary N) is 1. The molecule has 2 saturated heterocycles. The van der Waals surface area contributed by atoms with Crippen LogP contribution in [0.3, 0.4) is 0 Å². The van der Waals surface area contributed by atoms with Gasteiger partial charge in [-0.15, -0.1) is 10.2 Å². The van der Waals surface area contributed by atoms with Crippen LogP contribution in [0.1, 0.15) is 75.4 Å². The van der Waals surface area contributed by atoms with Gasteiger partial charge in [-0.05, 0) is 58.4 Å². The fraction of sp³-hybridized carbons (Fsp3) is 0.654. The molecule has 0 aromatic carbocycles. The Balaban J connectivity index is 1.36. The minimum absolute atomic E-state index is 0.0841. The topological polar surface area (TPSA) is 122 Å². The van der Waals surface area contributed by atoms with E-state index >= 15 is 0 Å². The van der Waals surface area contributed by atoms with E-state index in [2.05, 4.69) is 19.8 Å². The lowest BCUT2D eigenvalue weighted by molar-refractivity contribution is 0.0250. The highest BCUT2D eigenvalue weighted by Crippen LogP contribution is 2.48. The van der Waals surface area contributed by atoms with Gasteiger partial charge in [0.25, 0.3) is 6.43 Å². The zero-order valence-electron chi connectivity index (χ0n) is 22.3. The minimum atomic E-state index is -3.89. The van der Waals surface area contributed by atoms with E-state index in [1.165, 1.54) is 6.20 Å². The normalized spacial score (nSPS) is 25.9. The van der Waals surface area contributed by atoms with Gasteiger partial charge in [0, 0.05) is 36.2 Å². The van der Waals surface area contributed by atoms with E-state index in [1.807, 2.05) is 13.8 Å². The Labute approximate surface area is 234 Å². The van der Waals surface area contributed by atoms with Gasteiger partial charge in [-0.2, -0.15) is 0 Å². The summed E-state index contributed by atoms with van der Waals surface area (Å²) in [5.74, 6) is 0.155. The Morgan fingerprint density at radius 3 is 2.50 bits per heavy atom. The molecule has 216 valence electrons. The molecule has 2 aliphatic heterocycles. The Bertz CT molecular complexity index is 1570. The molecule has 10 nitrogen and oxygen atoms in total. The molecule has 40 heavy (non-hydrogen) atoms. The molecule has 2 N–H and O–H groups in total. The van der Waals surface area contributed by atoms with E-state index in [-0.39, 0.29) is 27.3 Å². The lowest BCUT2D eigenvalue weighted by Crippen LogP contribution is -2.47. The maximum atomic E-state index is 13.6. The first-order valence-electron chi connectivity index (χ1n) is 13.8. The lowest BCUT2D eigenvalue weighted by atomic mass is 9.74. The third kappa shape index (κ3) is 4.42. The van der Waals surface area contributed by atoms with Crippen LogP contribution in [0, 0.1) is 5.41 Å². The highest BCUT2D eigenvalue weighted by atomic mass is 32.2. The number of aliphatic hydroxyl groups excluding tert-OH is 1. The van der Waals surface area contributed by atoms with E-state index in [0.29, 0.717) is 54.6 Å². The van der Waals surface area contributed by atoms with Gasteiger partial charge in [0.1, 0.15) is 10.6 Å². The molecule has 2 saturated carbocycles. The Morgan fingerprint density at radius 2 is 1.93 bits per heavy atom. The number of alkyl halides is 2. The van der Waals surface area contributed by atoms with Gasteiger partial charge in [0.2, 0.25) is 10.0 Å². The first-order valence-corrected chi connectivity index (χ1v) is 16.1. The van der Waals surface area contributed by atoms with Crippen LogP contribution >= 0.6 is 11.3 Å². The van der Waals surface area contributed by atoms with Crippen molar-refractivity contribution in [2.24, 2.45) is 5.41 Å². The summed E-state index contributed by atoms with van der Waals surface area (Å²) < 4.78 is 64.4. The van der Waals surface area contributed by atoms with Crippen LogP contribution in [0.2, 0.25) is 0 Å². The quantitative estimate of drug-likeness (QED) is 0.423. The number of aliphatic hydroxyl groups is 1. The number of rotatable bonds is 7. The van der Waals surface area contributed by atoms with Crippen molar-refractivity contribution in [2.75, 3.05) is 24.6 Å². The molecular weight excluding hydrogens is 562 g/mol. The Kier molecular flexibility index (Phi) is 6.07. The number of ether oxygens (including phenoxy) is 1. The first-order chi connectivity index (χ1) is 19.0. The zero-order valence-corrected chi connectivity index (χ0v) is 23.9. The van der Waals surface area contributed by atoms with Crippen molar-refractivity contribution in [2.45, 2.75) is 87.4 Å². The Hall–Kier alpha value is -2.26. The van der Waals surface area contributed by atoms with Gasteiger partial charge in [0.05, 0.1) is 30.2 Å². The summed E-state index contributed by atoms with van der Waals surface area (Å²) in [7, 11) is -3.89. The number of hydrogen-bond acceptors (Lipinski definition) is 9. The molecule has 5 heterocycles. The van der Waals surface area contributed by atoms with Crippen molar-refractivity contribution < 1.29 is 27.0 Å². The van der Waals surface area contributed by atoms with Crippen molar-refractivity contribution in [1.29, 1.82) is 0 Å². The van der Waals surface area contributed by atoms with Crippen LogP contribution in [0.25, 0.3) is 16.3 Å². The molecule has 7 rings (SSSR count). The molecule has 0 amide bonds. The summed E-state index contributed by atoms with van der Waals surface area (Å²) in [6.45, 7) is 5.44. The maximum absolute atomic E-state index is 13.6. The lowest BCUT2D eigenvalue weighted by Gasteiger charge is -2.41. The predicted molar refractivity (Wildman–Crippen MR) is 144 cm³/mol. The molecular formula is C26H32F2N6O4S2. The number of anilines is 1. The minimum Gasteiger partial charge on any atom is -0.390 e. The summed E-state index contributed by atoms with van der Waals surface area (Å²) in [4.78, 5) is 7.19. The van der Waals surface area contributed by atoms with Crippen LogP contribution in [0.4, 0.5) is 14.5 Å². The number of pyridine rings is 1. The van der Waals surface area contributed by atoms with E-state index < -0.39 is 28.1 Å². The maximum Gasteiger partial charge on any atom is 0.291 e. The van der Waals surface area contributed by atoms with Crippen molar-refractivity contribution in [3.63, 3.8) is 0 Å². The number of fused-ring (bicyclic) bond motifs is 1. The number of nitrogens with zero attached hydrogens (tertiary/aromatic N) is 5. The van der Waals surface area contributed by atoms with Gasteiger partial charge < -0.3 is 14.7 Å². The average Bonchev–Trinajstić information content (AvgIpc) is 3.77. The second-order valence-electron chi connectivity index (χ2n) is 12.1. The molecule has 0 bridgehead atoms. The van der Waals surface area contributed by atoms with E-state index in [4.69, 9.17) is 9.72 Å². The second-order valence-corrected chi connectivity index (χ2v) is 14.8. The van der Waals surface area contributed by atoms with Crippen molar-refractivity contribution in [3.8, 4) is 10.7 Å². The first kappa shape index (κ1) is 26.6. The summed E-state index contributed by atoms with van der Waals surface area (Å²) in [6.07, 6.45) is 2.76. The molecule has 0 radical (unpaired) electrons. The molecule has 1 spiro atoms. The smallest absolute Gasteiger partial charge is 0.291 e. The van der Waals surface area contributed by atoms with E-state index in [9.17, 15) is 22.3 Å². The zero-order chi connectivity index (χ0) is 28.0. The predicted octanol–water partition coefficient (Wildman–Crippen LogP) is 3.86. The number of sulfonamides is 1. The summed E-state index contributed by atoms with van der Waals surface area (Å²) >= 11 is 0.807. The van der Waals surface area contributed by atoms with Crippen molar-refractivity contribution in [3.05, 3.63) is 23.0 Å². The van der Waals surface area contributed by atoms with Crippen LogP contribution in [-0.2, 0) is 14.8 Å². The SMILES string of the molecule is C[C@@H]1OCC2(CCN(c3cc(S(=O)(=O)NC4(C)CC4)cn4c(-c5nnc(C(F)F)s5)c(C5CC5)nc34)CC2)[C@@H]1O. The monoisotopic (exact) mass is 594 g/mol. The van der Waals surface area contributed by atoms with Crippen LogP contribution in [0.5, 0.6) is 0 Å². The molecule has 4 fully saturated rings. The summed E-state index contributed by atoms with van der Waals surface area (Å²) in [6, 6.07) is 1.67. The fourth-order valence-corrected chi connectivity index (χ4v) is 8.28. The van der Waals surface area contributed by atoms with Gasteiger partial charge >= 0.3 is 0 Å². The molecule has 0 unspecified atom stereocenters. The summed E-state index contributed by atoms with van der Waals surface area (Å²) in [5, 5.41) is 18.5.